The lowest BCUT2D eigenvalue weighted by molar-refractivity contribution is 0.0642. The van der Waals surface area contributed by atoms with Gasteiger partial charge in [-0.2, -0.15) is 10.2 Å². The predicted octanol–water partition coefficient (Wildman–Crippen LogP) is 5.04. The van der Waals surface area contributed by atoms with Gasteiger partial charge in [0.1, 0.15) is 17.9 Å². The van der Waals surface area contributed by atoms with Crippen molar-refractivity contribution in [3.8, 4) is 11.3 Å². The molecule has 1 saturated carbocycles. The van der Waals surface area contributed by atoms with Crippen LogP contribution in [0.15, 0.2) is 35.1 Å². The maximum atomic E-state index is 14.4. The predicted molar refractivity (Wildman–Crippen MR) is 118 cm³/mol. The number of fused-ring (bicyclic) bond motifs is 5. The summed E-state index contributed by atoms with van der Waals surface area (Å²) in [5.41, 5.74) is 2.24. The van der Waals surface area contributed by atoms with Gasteiger partial charge in [0.25, 0.3) is 5.91 Å². The number of rotatable bonds is 5. The highest BCUT2D eigenvalue weighted by Crippen LogP contribution is 2.67. The summed E-state index contributed by atoms with van der Waals surface area (Å²) in [6.07, 6.45) is 3.25. The number of carbonyl (C=O) groups excluding carboxylic acids is 1. The third kappa shape index (κ3) is 2.96. The summed E-state index contributed by atoms with van der Waals surface area (Å²) in [6, 6.07) is 5.57. The van der Waals surface area contributed by atoms with Crippen LogP contribution in [0.3, 0.4) is 0 Å². The summed E-state index contributed by atoms with van der Waals surface area (Å²) in [5, 5.41) is 12.7. The van der Waals surface area contributed by atoms with Crippen LogP contribution in [0.25, 0.3) is 11.3 Å². The van der Waals surface area contributed by atoms with E-state index >= 15 is 0 Å². The summed E-state index contributed by atoms with van der Waals surface area (Å²) in [4.78, 5) is 15.0. The van der Waals surface area contributed by atoms with Gasteiger partial charge in [0, 0.05) is 24.1 Å². The lowest BCUT2D eigenvalue weighted by Crippen LogP contribution is -2.48. The van der Waals surface area contributed by atoms with Crippen molar-refractivity contribution in [1.82, 2.24) is 20.3 Å². The van der Waals surface area contributed by atoms with Crippen molar-refractivity contribution in [1.29, 1.82) is 0 Å². The monoisotopic (exact) mass is 452 g/mol. The molecule has 0 spiro atoms. The maximum absolute atomic E-state index is 14.4. The molecule has 2 atom stereocenters. The minimum absolute atomic E-state index is 0.158. The molecule has 0 unspecified atom stereocenters. The zero-order valence-corrected chi connectivity index (χ0v) is 19.2. The summed E-state index contributed by atoms with van der Waals surface area (Å²) < 4.78 is 33.8. The fourth-order valence-electron chi connectivity index (χ4n) is 5.94. The number of hydrogen-bond acceptors (Lipinski definition) is 5. The van der Waals surface area contributed by atoms with E-state index < -0.39 is 17.0 Å². The Labute approximate surface area is 191 Å². The summed E-state index contributed by atoms with van der Waals surface area (Å²) in [6.45, 7) is 9.09. The summed E-state index contributed by atoms with van der Waals surface area (Å²) in [5.74, 6) is -1.33. The largest absolute Gasteiger partial charge is 0.364 e. The van der Waals surface area contributed by atoms with E-state index in [2.05, 4.69) is 29.2 Å². The number of benzene rings is 1. The minimum atomic E-state index is -0.660. The average molecular weight is 453 g/mol. The van der Waals surface area contributed by atoms with Crippen molar-refractivity contribution in [3.63, 3.8) is 0 Å². The van der Waals surface area contributed by atoms with Gasteiger partial charge in [-0.15, -0.1) is 0 Å². The Hall–Kier alpha value is -3.16. The van der Waals surface area contributed by atoms with Crippen LogP contribution in [0.5, 0.6) is 0 Å². The number of hydrogen-bond donors (Lipinski definition) is 0. The molecule has 2 heterocycles. The zero-order chi connectivity index (χ0) is 23.5. The molecule has 172 valence electrons. The van der Waals surface area contributed by atoms with Gasteiger partial charge in [0.05, 0.1) is 17.0 Å². The zero-order valence-electron chi connectivity index (χ0n) is 19.2. The van der Waals surface area contributed by atoms with Gasteiger partial charge < -0.3 is 9.42 Å². The molecule has 3 aromatic rings. The Morgan fingerprint density at radius 2 is 1.97 bits per heavy atom. The normalized spacial score (nSPS) is 22.4. The number of likely N-dealkylation sites (N-methyl/N-ethyl adjacent to an activating group) is 1. The average Bonchev–Trinajstić information content (AvgIpc) is 3.37. The van der Waals surface area contributed by atoms with Crippen LogP contribution >= 0.6 is 0 Å². The van der Waals surface area contributed by atoms with Crippen molar-refractivity contribution < 1.29 is 18.1 Å². The Balaban J connectivity index is 1.57. The molecule has 8 heteroatoms. The standard InChI is InChI=1S/C25H26F2N4O2/c1-5-31(23(32)21-14(2)12-33-30-21)13-25-10-9-16(24(25,3)4)15-11-19(28-29-22(15)25)20-17(26)7-6-8-18(20)27/h6-8,11-12,16H,5,9-10,13H2,1-4H3/t16-,25-/m0/s1. The smallest absolute Gasteiger partial charge is 0.276 e. The quantitative estimate of drug-likeness (QED) is 0.543. The third-order valence-corrected chi connectivity index (χ3v) is 7.91. The van der Waals surface area contributed by atoms with Crippen LogP contribution in [0.4, 0.5) is 8.78 Å². The number of amides is 1. The highest BCUT2D eigenvalue weighted by atomic mass is 19.1. The Morgan fingerprint density at radius 1 is 1.24 bits per heavy atom. The first kappa shape index (κ1) is 21.7. The summed E-state index contributed by atoms with van der Waals surface area (Å²) in [7, 11) is 0. The molecular weight excluding hydrogens is 426 g/mol. The molecule has 1 amide bonds. The van der Waals surface area contributed by atoms with Gasteiger partial charge in [-0.25, -0.2) is 8.78 Å². The molecule has 2 bridgehead atoms. The number of aromatic nitrogens is 3. The van der Waals surface area contributed by atoms with E-state index in [0.717, 1.165) is 24.1 Å². The second kappa shape index (κ2) is 7.43. The van der Waals surface area contributed by atoms with Gasteiger partial charge in [0.2, 0.25) is 0 Å². The van der Waals surface area contributed by atoms with Gasteiger partial charge in [-0.1, -0.05) is 25.1 Å². The first-order valence-electron chi connectivity index (χ1n) is 11.2. The Kier molecular flexibility index (Phi) is 4.88. The molecule has 6 nitrogen and oxygen atoms in total. The van der Waals surface area contributed by atoms with Crippen LogP contribution in [0.2, 0.25) is 0 Å². The van der Waals surface area contributed by atoms with Crippen LogP contribution in [0.1, 0.15) is 66.8 Å². The second-order valence-electron chi connectivity index (χ2n) is 9.69. The van der Waals surface area contributed by atoms with Crippen molar-refractivity contribution >= 4 is 5.91 Å². The van der Waals surface area contributed by atoms with Gasteiger partial charge >= 0.3 is 0 Å². The first-order valence-corrected chi connectivity index (χ1v) is 11.2. The maximum Gasteiger partial charge on any atom is 0.276 e. The van der Waals surface area contributed by atoms with Crippen LogP contribution in [0, 0.1) is 24.0 Å². The Bertz CT molecular complexity index is 1230. The van der Waals surface area contributed by atoms with E-state index in [0.29, 0.717) is 24.3 Å². The van der Waals surface area contributed by atoms with Crippen molar-refractivity contribution in [2.75, 3.05) is 13.1 Å². The van der Waals surface area contributed by atoms with Crippen molar-refractivity contribution in [3.05, 3.63) is 64.7 Å². The number of carbonyl (C=O) groups is 1. The van der Waals surface area contributed by atoms with Crippen molar-refractivity contribution in [2.24, 2.45) is 5.41 Å². The van der Waals surface area contributed by atoms with Crippen molar-refractivity contribution in [2.45, 2.75) is 51.9 Å². The van der Waals surface area contributed by atoms with E-state index in [-0.39, 0.29) is 28.5 Å². The van der Waals surface area contributed by atoms with Gasteiger partial charge in [-0.05, 0) is 61.8 Å². The van der Waals surface area contributed by atoms with E-state index in [1.54, 1.807) is 17.9 Å². The fourth-order valence-corrected chi connectivity index (χ4v) is 5.94. The first-order chi connectivity index (χ1) is 15.7. The highest BCUT2D eigenvalue weighted by molar-refractivity contribution is 5.93. The lowest BCUT2D eigenvalue weighted by atomic mass is 9.68. The molecule has 2 aliphatic rings. The molecule has 2 aromatic heterocycles. The molecule has 2 aliphatic carbocycles. The molecule has 0 radical (unpaired) electrons. The van der Waals surface area contributed by atoms with Crippen LogP contribution in [-0.4, -0.2) is 39.3 Å². The molecule has 0 N–H and O–H groups in total. The van der Waals surface area contributed by atoms with E-state index in [1.807, 2.05) is 6.92 Å². The van der Waals surface area contributed by atoms with E-state index in [4.69, 9.17) is 4.52 Å². The van der Waals surface area contributed by atoms with E-state index in [9.17, 15) is 13.6 Å². The topological polar surface area (TPSA) is 72.1 Å². The third-order valence-electron chi connectivity index (χ3n) is 7.91. The highest BCUT2D eigenvalue weighted by Gasteiger charge is 2.64. The van der Waals surface area contributed by atoms with E-state index in [1.165, 1.54) is 24.5 Å². The molecular formula is C25H26F2N4O2. The lowest BCUT2D eigenvalue weighted by Gasteiger charge is -2.41. The number of aryl methyl sites for hydroxylation is 1. The van der Waals surface area contributed by atoms with Crippen LogP contribution in [-0.2, 0) is 5.41 Å². The number of halogens is 2. The SMILES string of the molecule is CCN(C[C@@]12CC[C@@H](c3cc(-c4c(F)cccc4F)nnc31)C2(C)C)C(=O)c1nocc1C. The Morgan fingerprint density at radius 3 is 2.61 bits per heavy atom. The molecule has 5 rings (SSSR count). The number of nitrogens with zero attached hydrogens (tertiary/aromatic N) is 4. The summed E-state index contributed by atoms with van der Waals surface area (Å²) >= 11 is 0. The molecule has 33 heavy (non-hydrogen) atoms. The second-order valence-corrected chi connectivity index (χ2v) is 9.69. The molecule has 0 saturated heterocycles. The van der Waals surface area contributed by atoms with Gasteiger partial charge in [0.15, 0.2) is 5.69 Å². The van der Waals surface area contributed by atoms with Gasteiger partial charge in [-0.3, -0.25) is 4.79 Å². The molecule has 1 fully saturated rings. The fraction of sp³-hybridized carbons (Fsp3) is 0.440. The minimum Gasteiger partial charge on any atom is -0.364 e. The molecule has 0 aliphatic heterocycles. The van der Waals surface area contributed by atoms with Crippen LogP contribution < -0.4 is 0 Å². The molecule has 1 aromatic carbocycles.